The highest BCUT2D eigenvalue weighted by atomic mass is 16.6. The van der Waals surface area contributed by atoms with Crippen molar-refractivity contribution in [2.24, 2.45) is 9.98 Å². The maximum absolute atomic E-state index is 10.8. The smallest absolute Gasteiger partial charge is 0.442 e. The van der Waals surface area contributed by atoms with E-state index in [1.807, 2.05) is 6.92 Å². The summed E-state index contributed by atoms with van der Waals surface area (Å²) in [6.07, 6.45) is -0.653. The second kappa shape index (κ2) is 4.67. The summed E-state index contributed by atoms with van der Waals surface area (Å²) < 4.78 is 4.86. The first kappa shape index (κ1) is 10.8. The second-order valence-electron chi connectivity index (χ2n) is 3.17. The average Bonchev–Trinajstić information content (AvgIpc) is 1.84. The number of rotatable bonds is 1. The van der Waals surface area contributed by atoms with Crippen LogP contribution in [0.15, 0.2) is 9.98 Å². The van der Waals surface area contributed by atoms with Crippen LogP contribution in [0.1, 0.15) is 27.7 Å². The second-order valence-corrected chi connectivity index (χ2v) is 3.17. The molecule has 0 aromatic rings. The highest BCUT2D eigenvalue weighted by molar-refractivity contribution is 5.75. The molecule has 0 unspecified atom stereocenters. The first-order chi connectivity index (χ1) is 5.45. The predicted octanol–water partition coefficient (Wildman–Crippen LogP) is 2.12. The zero-order chi connectivity index (χ0) is 9.61. The molecule has 0 aliphatic heterocycles. The van der Waals surface area contributed by atoms with Gasteiger partial charge in [-0.3, -0.25) is 0 Å². The number of aliphatic imine (C=N–C) groups is 2. The molecule has 0 aromatic heterocycles. The van der Waals surface area contributed by atoms with Crippen LogP contribution in [-0.4, -0.2) is 24.2 Å². The molecule has 0 aromatic carbocycles. The van der Waals surface area contributed by atoms with Gasteiger partial charge in [-0.15, -0.1) is 4.99 Å². The van der Waals surface area contributed by atoms with Crippen molar-refractivity contribution in [3.8, 4) is 0 Å². The van der Waals surface area contributed by atoms with Gasteiger partial charge in [0, 0.05) is 6.54 Å². The molecule has 0 atom stereocenters. The monoisotopic (exact) mass is 170 g/mol. The lowest BCUT2D eigenvalue weighted by Gasteiger charge is -2.16. The summed E-state index contributed by atoms with van der Waals surface area (Å²) in [7, 11) is 0. The molecule has 0 fully saturated rings. The van der Waals surface area contributed by atoms with E-state index < -0.39 is 11.7 Å². The van der Waals surface area contributed by atoms with Gasteiger partial charge in [0.25, 0.3) is 0 Å². The fourth-order valence-electron chi connectivity index (χ4n) is 0.432. The van der Waals surface area contributed by atoms with Crippen molar-refractivity contribution >= 4 is 12.1 Å². The van der Waals surface area contributed by atoms with Gasteiger partial charge in [0.2, 0.25) is 0 Å². The van der Waals surface area contributed by atoms with Crippen molar-refractivity contribution in [3.05, 3.63) is 0 Å². The fraction of sp³-hybridized carbons (Fsp3) is 0.750. The summed E-state index contributed by atoms with van der Waals surface area (Å²) in [6.45, 7) is 7.72. The van der Waals surface area contributed by atoms with Crippen molar-refractivity contribution in [1.29, 1.82) is 0 Å². The van der Waals surface area contributed by atoms with E-state index in [9.17, 15) is 4.79 Å². The Hall–Kier alpha value is -1.15. The van der Waals surface area contributed by atoms with Crippen LogP contribution in [0.3, 0.4) is 0 Å². The van der Waals surface area contributed by atoms with Gasteiger partial charge >= 0.3 is 6.09 Å². The molecule has 12 heavy (non-hydrogen) atoms. The van der Waals surface area contributed by atoms with Gasteiger partial charge in [-0.2, -0.15) is 0 Å². The van der Waals surface area contributed by atoms with Gasteiger partial charge in [-0.25, -0.2) is 9.79 Å². The van der Waals surface area contributed by atoms with Crippen LogP contribution in [0.2, 0.25) is 0 Å². The third kappa shape index (κ3) is 6.96. The summed E-state index contributed by atoms with van der Waals surface area (Å²) in [4.78, 5) is 17.8. The Kier molecular flexibility index (Phi) is 4.22. The Balaban J connectivity index is 3.99. The SMILES string of the molecule is CCN=C=NC(=O)OC(C)(C)C. The Morgan fingerprint density at radius 1 is 1.50 bits per heavy atom. The number of carbonyl (C=O) groups excluding carboxylic acids is 1. The van der Waals surface area contributed by atoms with Crippen LogP contribution in [-0.2, 0) is 4.74 Å². The Labute approximate surface area is 72.4 Å². The van der Waals surface area contributed by atoms with Crippen LogP contribution >= 0.6 is 0 Å². The number of ether oxygens (including phenoxy) is 1. The number of amides is 1. The molecule has 4 heteroatoms. The van der Waals surface area contributed by atoms with Crippen molar-refractivity contribution in [2.75, 3.05) is 6.54 Å². The van der Waals surface area contributed by atoms with Crippen molar-refractivity contribution < 1.29 is 9.53 Å². The molecule has 4 nitrogen and oxygen atoms in total. The zero-order valence-electron chi connectivity index (χ0n) is 7.92. The van der Waals surface area contributed by atoms with Crippen LogP contribution in [0.4, 0.5) is 4.79 Å². The molecule has 68 valence electrons. The average molecular weight is 170 g/mol. The molecule has 0 radical (unpaired) electrons. The van der Waals surface area contributed by atoms with E-state index in [0.717, 1.165) is 0 Å². The topological polar surface area (TPSA) is 51.0 Å². The van der Waals surface area contributed by atoms with E-state index in [-0.39, 0.29) is 0 Å². The summed E-state index contributed by atoms with van der Waals surface area (Å²) >= 11 is 0. The van der Waals surface area contributed by atoms with Gasteiger partial charge in [-0.05, 0) is 27.7 Å². The Bertz CT molecular complexity index is 210. The van der Waals surface area contributed by atoms with Gasteiger partial charge in [-0.1, -0.05) is 0 Å². The highest BCUT2D eigenvalue weighted by Gasteiger charge is 2.14. The van der Waals surface area contributed by atoms with Crippen molar-refractivity contribution in [1.82, 2.24) is 0 Å². The van der Waals surface area contributed by atoms with E-state index in [0.29, 0.717) is 6.54 Å². The van der Waals surface area contributed by atoms with Crippen LogP contribution < -0.4 is 0 Å². The minimum Gasteiger partial charge on any atom is -0.442 e. The van der Waals surface area contributed by atoms with E-state index in [2.05, 4.69) is 16.0 Å². The molecule has 0 aliphatic rings. The lowest BCUT2D eigenvalue weighted by Crippen LogP contribution is -2.21. The van der Waals surface area contributed by atoms with Gasteiger partial charge in [0.1, 0.15) is 11.6 Å². The minimum atomic E-state index is -0.653. The summed E-state index contributed by atoms with van der Waals surface area (Å²) in [5.74, 6) is 0. The van der Waals surface area contributed by atoms with Gasteiger partial charge < -0.3 is 4.74 Å². The van der Waals surface area contributed by atoms with E-state index >= 15 is 0 Å². The maximum Gasteiger partial charge on any atom is 0.443 e. The van der Waals surface area contributed by atoms with Gasteiger partial charge in [0.05, 0.1) is 0 Å². The molecule has 0 aliphatic carbocycles. The maximum atomic E-state index is 10.8. The minimum absolute atomic E-state index is 0.505. The Morgan fingerprint density at radius 3 is 2.50 bits per heavy atom. The van der Waals surface area contributed by atoms with E-state index in [1.165, 1.54) is 0 Å². The molecule has 0 saturated heterocycles. The van der Waals surface area contributed by atoms with Gasteiger partial charge in [0.15, 0.2) is 0 Å². The number of hydrogen-bond donors (Lipinski definition) is 0. The molecular formula is C8H14N2O2. The summed E-state index contributed by atoms with van der Waals surface area (Å²) in [6, 6.07) is 2.23. The van der Waals surface area contributed by atoms with Crippen LogP contribution in [0.25, 0.3) is 0 Å². The van der Waals surface area contributed by atoms with Crippen molar-refractivity contribution in [3.63, 3.8) is 0 Å². The lowest BCUT2D eigenvalue weighted by molar-refractivity contribution is 0.0605. The Morgan fingerprint density at radius 2 is 2.08 bits per heavy atom. The number of nitrogens with zero attached hydrogens (tertiary/aromatic N) is 2. The largest absolute Gasteiger partial charge is 0.443 e. The molecular weight excluding hydrogens is 156 g/mol. The van der Waals surface area contributed by atoms with Crippen LogP contribution in [0, 0.1) is 0 Å². The predicted molar refractivity (Wildman–Crippen MR) is 46.6 cm³/mol. The highest BCUT2D eigenvalue weighted by Crippen LogP contribution is 2.07. The molecule has 0 N–H and O–H groups in total. The normalized spacial score (nSPS) is 10.0. The summed E-state index contributed by atoms with van der Waals surface area (Å²) in [5, 5.41) is 0. The van der Waals surface area contributed by atoms with Crippen molar-refractivity contribution in [2.45, 2.75) is 33.3 Å². The fourth-order valence-corrected chi connectivity index (χ4v) is 0.432. The third-order valence-electron chi connectivity index (χ3n) is 0.764. The quantitative estimate of drug-likeness (QED) is 0.566. The van der Waals surface area contributed by atoms with Crippen LogP contribution in [0.5, 0.6) is 0 Å². The first-order valence-corrected chi connectivity index (χ1v) is 3.81. The molecule has 0 saturated carbocycles. The molecule has 0 spiro atoms. The molecule has 0 heterocycles. The molecule has 0 bridgehead atoms. The number of carbonyl (C=O) groups is 1. The summed E-state index contributed by atoms with van der Waals surface area (Å²) in [5.41, 5.74) is -0.505. The van der Waals surface area contributed by atoms with E-state index in [1.54, 1.807) is 20.8 Å². The lowest BCUT2D eigenvalue weighted by atomic mass is 10.2. The molecule has 0 rings (SSSR count). The zero-order valence-corrected chi connectivity index (χ0v) is 7.92. The first-order valence-electron chi connectivity index (χ1n) is 3.81. The molecule has 1 amide bonds. The van der Waals surface area contributed by atoms with E-state index in [4.69, 9.17) is 4.74 Å². The standard InChI is InChI=1S/C8H14N2O2/c1-5-9-6-10-7(11)12-8(2,3)4/h5H2,1-4H3. The number of hydrogen-bond acceptors (Lipinski definition) is 3. The third-order valence-corrected chi connectivity index (χ3v) is 0.764.